The number of likely N-dealkylation sites (tertiary alicyclic amines) is 2. The Hall–Kier alpha value is -2.58. The number of halogens is 1. The van der Waals surface area contributed by atoms with E-state index in [1.54, 1.807) is 14.2 Å². The molecule has 2 heterocycles. The van der Waals surface area contributed by atoms with Crippen LogP contribution in [-0.4, -0.2) is 74.6 Å². The lowest BCUT2D eigenvalue weighted by molar-refractivity contribution is -0.126. The van der Waals surface area contributed by atoms with Gasteiger partial charge < -0.3 is 24.6 Å². The van der Waals surface area contributed by atoms with Crippen LogP contribution >= 0.6 is 15.9 Å². The second-order valence-corrected chi connectivity index (χ2v) is 10.4. The molecule has 0 aromatic heterocycles. The molecule has 0 aliphatic carbocycles. The summed E-state index contributed by atoms with van der Waals surface area (Å²) < 4.78 is 11.5. The maximum atomic E-state index is 12.9. The molecule has 8 heteroatoms. The van der Waals surface area contributed by atoms with Crippen molar-refractivity contribution in [2.24, 2.45) is 5.92 Å². The molecule has 2 saturated heterocycles. The molecule has 0 bridgehead atoms. The smallest absolute Gasteiger partial charge is 0.254 e. The van der Waals surface area contributed by atoms with Crippen molar-refractivity contribution >= 4 is 27.7 Å². The molecule has 2 aromatic rings. The first-order valence-electron chi connectivity index (χ1n) is 12.8. The van der Waals surface area contributed by atoms with E-state index in [2.05, 4.69) is 26.1 Å². The zero-order chi connectivity index (χ0) is 25.5. The first-order valence-corrected chi connectivity index (χ1v) is 13.6. The zero-order valence-electron chi connectivity index (χ0n) is 21.2. The predicted octanol–water partition coefficient (Wildman–Crippen LogP) is 4.14. The molecule has 2 aromatic carbocycles. The molecule has 1 N–H and O–H groups in total. The number of nitrogens with one attached hydrogen (secondary N) is 1. The number of hydrogen-bond acceptors (Lipinski definition) is 5. The van der Waals surface area contributed by atoms with Gasteiger partial charge >= 0.3 is 0 Å². The van der Waals surface area contributed by atoms with Crippen LogP contribution in [0, 0.1) is 5.92 Å². The molecule has 0 radical (unpaired) electrons. The number of ether oxygens (including phenoxy) is 2. The minimum absolute atomic E-state index is 0.0729. The molecule has 2 amide bonds. The highest BCUT2D eigenvalue weighted by Gasteiger charge is 2.32. The van der Waals surface area contributed by atoms with Crippen molar-refractivity contribution in [2.45, 2.75) is 38.1 Å². The first kappa shape index (κ1) is 26.5. The summed E-state index contributed by atoms with van der Waals surface area (Å²) in [5.74, 6) is 1.74. The third kappa shape index (κ3) is 6.40. The lowest BCUT2D eigenvalue weighted by atomic mass is 9.92. The number of benzene rings is 2. The molecule has 194 valence electrons. The first-order chi connectivity index (χ1) is 17.5. The van der Waals surface area contributed by atoms with Crippen LogP contribution in [0.3, 0.4) is 0 Å². The molecule has 2 fully saturated rings. The highest BCUT2D eigenvalue weighted by molar-refractivity contribution is 9.10. The van der Waals surface area contributed by atoms with Gasteiger partial charge in [0.1, 0.15) is 0 Å². The number of carbonyl (C=O) groups excluding carboxylic acids is 2. The molecule has 36 heavy (non-hydrogen) atoms. The Balaban J connectivity index is 1.17. The van der Waals surface area contributed by atoms with Gasteiger partial charge in [-0.2, -0.15) is 0 Å². The quantitative estimate of drug-likeness (QED) is 0.528. The van der Waals surface area contributed by atoms with Gasteiger partial charge in [-0.1, -0.05) is 18.2 Å². The summed E-state index contributed by atoms with van der Waals surface area (Å²) in [5.41, 5.74) is 1.83. The number of nitrogens with zero attached hydrogens (tertiary/aromatic N) is 2. The Morgan fingerprint density at radius 3 is 2.31 bits per heavy atom. The molecule has 2 aliphatic heterocycles. The molecule has 2 aliphatic rings. The second kappa shape index (κ2) is 12.6. The third-order valence-corrected chi connectivity index (χ3v) is 8.13. The molecule has 7 nitrogen and oxygen atoms in total. The Morgan fingerprint density at radius 1 is 0.944 bits per heavy atom. The van der Waals surface area contributed by atoms with Crippen LogP contribution in [0.5, 0.6) is 11.5 Å². The predicted molar refractivity (Wildman–Crippen MR) is 144 cm³/mol. The van der Waals surface area contributed by atoms with Gasteiger partial charge in [-0.3, -0.25) is 9.59 Å². The van der Waals surface area contributed by atoms with Crippen molar-refractivity contribution in [2.75, 3.05) is 46.9 Å². The van der Waals surface area contributed by atoms with E-state index in [0.29, 0.717) is 24.1 Å². The number of rotatable bonds is 8. The fourth-order valence-electron chi connectivity index (χ4n) is 5.28. The van der Waals surface area contributed by atoms with Gasteiger partial charge in [0.2, 0.25) is 5.91 Å². The molecule has 0 spiro atoms. The van der Waals surface area contributed by atoms with Crippen LogP contribution in [0.25, 0.3) is 0 Å². The molecule has 0 unspecified atom stereocenters. The number of carbonyl (C=O) groups is 2. The van der Waals surface area contributed by atoms with E-state index in [-0.39, 0.29) is 17.7 Å². The molecular weight excluding hydrogens is 522 g/mol. The molecule has 0 saturated carbocycles. The number of piperidine rings is 2. The van der Waals surface area contributed by atoms with Gasteiger partial charge in [0.05, 0.1) is 19.8 Å². The highest BCUT2D eigenvalue weighted by Crippen LogP contribution is 2.28. The van der Waals surface area contributed by atoms with Gasteiger partial charge in [0.25, 0.3) is 5.91 Å². The number of amides is 2. The molecule has 0 atom stereocenters. The van der Waals surface area contributed by atoms with Crippen LogP contribution in [0.2, 0.25) is 0 Å². The van der Waals surface area contributed by atoms with Crippen molar-refractivity contribution in [3.8, 4) is 11.5 Å². The highest BCUT2D eigenvalue weighted by atomic mass is 79.9. The van der Waals surface area contributed by atoms with Gasteiger partial charge in [-0.25, -0.2) is 0 Å². The van der Waals surface area contributed by atoms with Crippen molar-refractivity contribution in [3.05, 3.63) is 58.1 Å². The Kier molecular flexibility index (Phi) is 9.26. The number of hydrogen-bond donors (Lipinski definition) is 1. The summed E-state index contributed by atoms with van der Waals surface area (Å²) in [6, 6.07) is 14.0. The van der Waals surface area contributed by atoms with Crippen LogP contribution < -0.4 is 14.8 Å². The van der Waals surface area contributed by atoms with Crippen LogP contribution in [0.4, 0.5) is 0 Å². The van der Waals surface area contributed by atoms with E-state index >= 15 is 0 Å². The van der Waals surface area contributed by atoms with E-state index < -0.39 is 0 Å². The minimum Gasteiger partial charge on any atom is -0.493 e. The summed E-state index contributed by atoms with van der Waals surface area (Å²) in [5, 5.41) is 3.12. The summed E-state index contributed by atoms with van der Waals surface area (Å²) in [4.78, 5) is 30.1. The summed E-state index contributed by atoms with van der Waals surface area (Å²) in [6.45, 7) is 4.05. The van der Waals surface area contributed by atoms with Crippen molar-refractivity contribution in [1.82, 2.24) is 15.1 Å². The number of methoxy groups -OCH3 is 2. The van der Waals surface area contributed by atoms with Crippen molar-refractivity contribution in [1.29, 1.82) is 0 Å². The average Bonchev–Trinajstić information content (AvgIpc) is 2.93. The minimum atomic E-state index is 0.0729. The Bertz CT molecular complexity index is 1050. The maximum Gasteiger partial charge on any atom is 0.254 e. The van der Waals surface area contributed by atoms with Gasteiger partial charge in [-0.15, -0.1) is 0 Å². The van der Waals surface area contributed by atoms with Crippen LogP contribution in [-0.2, 0) is 11.2 Å². The lowest BCUT2D eigenvalue weighted by Gasteiger charge is -2.41. The maximum absolute atomic E-state index is 12.9. The topological polar surface area (TPSA) is 71.1 Å². The molecule has 4 rings (SSSR count). The van der Waals surface area contributed by atoms with E-state index in [1.807, 2.05) is 47.4 Å². The second-order valence-electron chi connectivity index (χ2n) is 9.54. The summed E-state index contributed by atoms with van der Waals surface area (Å²) >= 11 is 3.50. The van der Waals surface area contributed by atoms with E-state index in [0.717, 1.165) is 73.9 Å². The summed E-state index contributed by atoms with van der Waals surface area (Å²) in [6.07, 6.45) is 4.50. The Labute approximate surface area is 222 Å². The molecular formula is C28H36BrN3O4. The normalized spacial score (nSPS) is 17.6. The third-order valence-electron chi connectivity index (χ3n) is 7.43. The lowest BCUT2D eigenvalue weighted by Crippen LogP contribution is -2.50. The van der Waals surface area contributed by atoms with E-state index in [1.165, 1.54) is 0 Å². The van der Waals surface area contributed by atoms with E-state index in [9.17, 15) is 9.59 Å². The van der Waals surface area contributed by atoms with Crippen molar-refractivity contribution in [3.63, 3.8) is 0 Å². The van der Waals surface area contributed by atoms with Gasteiger partial charge in [0, 0.05) is 36.1 Å². The largest absolute Gasteiger partial charge is 0.493 e. The van der Waals surface area contributed by atoms with Crippen LogP contribution in [0.1, 0.15) is 41.6 Å². The van der Waals surface area contributed by atoms with Gasteiger partial charge in [-0.05, 0) is 91.0 Å². The van der Waals surface area contributed by atoms with E-state index in [4.69, 9.17) is 9.47 Å². The fraction of sp³-hybridized carbons (Fsp3) is 0.500. The zero-order valence-corrected chi connectivity index (χ0v) is 22.8. The Morgan fingerprint density at radius 2 is 1.64 bits per heavy atom. The standard InChI is InChI=1S/C28H36BrN3O4/c1-35-25-8-7-20(19-26(25)36-2)9-14-30-27(33)21-10-15-31(16-11-21)22-12-17-32(18-13-22)28(34)23-5-3-4-6-24(23)29/h3-8,19,21-22H,9-18H2,1-2H3,(H,30,33). The fourth-order valence-corrected chi connectivity index (χ4v) is 5.73. The van der Waals surface area contributed by atoms with Crippen LogP contribution in [0.15, 0.2) is 46.9 Å². The average molecular weight is 559 g/mol. The summed E-state index contributed by atoms with van der Waals surface area (Å²) in [7, 11) is 3.25. The SMILES string of the molecule is COc1ccc(CCNC(=O)C2CCN(C3CCN(C(=O)c4ccccc4Br)CC3)CC2)cc1OC. The monoisotopic (exact) mass is 557 g/mol. The van der Waals surface area contributed by atoms with Gasteiger partial charge in [0.15, 0.2) is 11.5 Å². The van der Waals surface area contributed by atoms with Crippen molar-refractivity contribution < 1.29 is 19.1 Å².